The van der Waals surface area contributed by atoms with E-state index in [1.54, 1.807) is 19.1 Å². The summed E-state index contributed by atoms with van der Waals surface area (Å²) >= 11 is 0. The van der Waals surface area contributed by atoms with Crippen molar-refractivity contribution in [3.05, 3.63) is 53.0 Å². The smallest absolute Gasteiger partial charge is 0.241 e. The molecule has 1 aliphatic carbocycles. The molecular formula is C17H21NO3S. The number of aryl methyl sites for hydroxylation is 3. The minimum absolute atomic E-state index is 0.336. The molecule has 0 radical (unpaired) electrons. The van der Waals surface area contributed by atoms with Crippen molar-refractivity contribution in [1.82, 2.24) is 4.72 Å². The summed E-state index contributed by atoms with van der Waals surface area (Å²) in [6.45, 7) is 3.63. The molecule has 0 aliphatic heterocycles. The van der Waals surface area contributed by atoms with Gasteiger partial charge >= 0.3 is 0 Å². The van der Waals surface area contributed by atoms with Crippen molar-refractivity contribution in [1.29, 1.82) is 0 Å². The van der Waals surface area contributed by atoms with Crippen molar-refractivity contribution in [2.24, 2.45) is 0 Å². The lowest BCUT2D eigenvalue weighted by molar-refractivity contribution is 0.441. The molecule has 1 aromatic heterocycles. The Balaban J connectivity index is 1.83. The van der Waals surface area contributed by atoms with Gasteiger partial charge in [0.1, 0.15) is 11.5 Å². The summed E-state index contributed by atoms with van der Waals surface area (Å²) in [5.41, 5.74) is 2.44. The Kier molecular flexibility index (Phi) is 4.10. The van der Waals surface area contributed by atoms with Gasteiger partial charge in [-0.2, -0.15) is 0 Å². The van der Waals surface area contributed by atoms with Crippen molar-refractivity contribution >= 4 is 10.0 Å². The van der Waals surface area contributed by atoms with Crippen LogP contribution in [0.5, 0.6) is 0 Å². The highest BCUT2D eigenvalue weighted by atomic mass is 32.2. The predicted molar refractivity (Wildman–Crippen MR) is 85.3 cm³/mol. The van der Waals surface area contributed by atoms with E-state index in [2.05, 4.69) is 4.72 Å². The Bertz CT molecular complexity index is 777. The fourth-order valence-electron chi connectivity index (χ4n) is 2.92. The Hall–Kier alpha value is -1.59. The van der Waals surface area contributed by atoms with Gasteiger partial charge in [-0.25, -0.2) is 13.1 Å². The zero-order chi connectivity index (χ0) is 15.7. The molecule has 22 heavy (non-hydrogen) atoms. The quantitative estimate of drug-likeness (QED) is 0.938. The minimum atomic E-state index is -3.54. The average Bonchev–Trinajstić information content (AvgIpc) is 2.93. The summed E-state index contributed by atoms with van der Waals surface area (Å²) in [5.74, 6) is 1.40. The van der Waals surface area contributed by atoms with Crippen LogP contribution in [0.1, 0.15) is 48.5 Å². The summed E-state index contributed by atoms with van der Waals surface area (Å²) in [6.07, 6.45) is 4.33. The van der Waals surface area contributed by atoms with Crippen LogP contribution >= 0.6 is 0 Å². The molecule has 1 heterocycles. The number of sulfonamides is 1. The summed E-state index contributed by atoms with van der Waals surface area (Å²) in [4.78, 5) is 0.336. The van der Waals surface area contributed by atoms with E-state index in [4.69, 9.17) is 4.42 Å². The van der Waals surface area contributed by atoms with E-state index in [-0.39, 0.29) is 0 Å². The van der Waals surface area contributed by atoms with Crippen LogP contribution in [0.2, 0.25) is 0 Å². The first-order valence-corrected chi connectivity index (χ1v) is 9.14. The number of hydrogen-bond donors (Lipinski definition) is 1. The zero-order valence-electron chi connectivity index (χ0n) is 12.9. The molecule has 118 valence electrons. The molecule has 0 bridgehead atoms. The molecule has 3 rings (SSSR count). The van der Waals surface area contributed by atoms with E-state index in [1.807, 2.05) is 25.1 Å². The lowest BCUT2D eigenvalue weighted by Gasteiger charge is -2.18. The first-order valence-electron chi connectivity index (χ1n) is 7.66. The molecule has 0 saturated heterocycles. The molecule has 1 aromatic carbocycles. The maximum atomic E-state index is 12.6. The molecule has 1 N–H and O–H groups in total. The maximum Gasteiger partial charge on any atom is 0.241 e. The third kappa shape index (κ3) is 3.10. The molecule has 1 aliphatic rings. The lowest BCUT2D eigenvalue weighted by Crippen LogP contribution is -2.27. The molecule has 0 unspecified atom stereocenters. The van der Waals surface area contributed by atoms with Crippen LogP contribution in [-0.4, -0.2) is 8.42 Å². The van der Waals surface area contributed by atoms with Gasteiger partial charge in [-0.1, -0.05) is 6.07 Å². The molecule has 4 nitrogen and oxygen atoms in total. The van der Waals surface area contributed by atoms with E-state index in [1.165, 1.54) is 12.0 Å². The van der Waals surface area contributed by atoms with E-state index in [0.717, 1.165) is 30.6 Å². The fourth-order valence-corrected chi connectivity index (χ4v) is 4.18. The van der Waals surface area contributed by atoms with Gasteiger partial charge in [0, 0.05) is 0 Å². The Morgan fingerprint density at radius 2 is 1.82 bits per heavy atom. The second-order valence-electron chi connectivity index (χ2n) is 5.93. The number of hydrogen-bond acceptors (Lipinski definition) is 3. The second kappa shape index (κ2) is 5.89. The highest BCUT2D eigenvalue weighted by molar-refractivity contribution is 7.89. The number of furan rings is 1. The summed E-state index contributed by atoms with van der Waals surface area (Å²) in [6, 6.07) is 8.71. The lowest BCUT2D eigenvalue weighted by atomic mass is 9.92. The van der Waals surface area contributed by atoms with Gasteiger partial charge in [-0.05, 0) is 74.9 Å². The normalized spacial score (nSPS) is 16.3. The molecule has 0 fully saturated rings. The van der Waals surface area contributed by atoms with E-state index < -0.39 is 16.1 Å². The van der Waals surface area contributed by atoms with E-state index >= 15 is 0 Å². The Labute approximate surface area is 131 Å². The van der Waals surface area contributed by atoms with Crippen LogP contribution in [0.3, 0.4) is 0 Å². The predicted octanol–water partition coefficient (Wildman–Crippen LogP) is 3.51. The fraction of sp³-hybridized carbons (Fsp3) is 0.412. The number of benzene rings is 1. The second-order valence-corrected chi connectivity index (χ2v) is 7.64. The van der Waals surface area contributed by atoms with Gasteiger partial charge in [-0.3, -0.25) is 0 Å². The zero-order valence-corrected chi connectivity index (χ0v) is 13.7. The van der Waals surface area contributed by atoms with E-state index in [0.29, 0.717) is 10.7 Å². The first-order chi connectivity index (χ1) is 10.5. The summed E-state index contributed by atoms with van der Waals surface area (Å²) < 4.78 is 33.3. The van der Waals surface area contributed by atoms with Gasteiger partial charge in [0.05, 0.1) is 10.9 Å². The number of fused-ring (bicyclic) bond motifs is 1. The van der Waals surface area contributed by atoms with Crippen LogP contribution in [-0.2, 0) is 22.9 Å². The third-order valence-electron chi connectivity index (χ3n) is 4.15. The van der Waals surface area contributed by atoms with Crippen LogP contribution in [0, 0.1) is 6.92 Å². The molecule has 0 saturated carbocycles. The number of nitrogens with one attached hydrogen (secondary N) is 1. The average molecular weight is 319 g/mol. The molecule has 0 amide bonds. The highest BCUT2D eigenvalue weighted by Crippen LogP contribution is 2.25. The van der Waals surface area contributed by atoms with Gasteiger partial charge < -0.3 is 4.42 Å². The summed E-state index contributed by atoms with van der Waals surface area (Å²) in [7, 11) is -3.54. The molecular weight excluding hydrogens is 298 g/mol. The van der Waals surface area contributed by atoms with Crippen LogP contribution in [0.15, 0.2) is 39.6 Å². The number of rotatable bonds is 4. The Morgan fingerprint density at radius 3 is 2.50 bits per heavy atom. The van der Waals surface area contributed by atoms with Crippen LogP contribution < -0.4 is 4.72 Å². The minimum Gasteiger partial charge on any atom is -0.465 e. The molecule has 0 spiro atoms. The van der Waals surface area contributed by atoms with Crippen LogP contribution in [0.4, 0.5) is 0 Å². The Morgan fingerprint density at radius 1 is 1.09 bits per heavy atom. The standard InChI is InChI=1S/C17H21NO3S/c1-12-7-10-17(21-12)13(2)18-22(19,20)16-9-8-14-5-3-4-6-15(14)11-16/h7-11,13,18H,3-6H2,1-2H3/t13-/m1/s1. The van der Waals surface area contributed by atoms with Gasteiger partial charge in [-0.15, -0.1) is 0 Å². The summed E-state index contributed by atoms with van der Waals surface area (Å²) in [5, 5.41) is 0. The van der Waals surface area contributed by atoms with Gasteiger partial charge in [0.2, 0.25) is 10.0 Å². The SMILES string of the molecule is Cc1ccc([C@@H](C)NS(=O)(=O)c2ccc3c(c2)CCCC3)o1. The van der Waals surface area contributed by atoms with Gasteiger partial charge in [0.25, 0.3) is 0 Å². The molecule has 1 atom stereocenters. The first kappa shape index (κ1) is 15.3. The van der Waals surface area contributed by atoms with Crippen LogP contribution in [0.25, 0.3) is 0 Å². The largest absolute Gasteiger partial charge is 0.465 e. The van der Waals surface area contributed by atoms with Crippen molar-refractivity contribution in [2.75, 3.05) is 0 Å². The maximum absolute atomic E-state index is 12.6. The molecule has 5 heteroatoms. The highest BCUT2D eigenvalue weighted by Gasteiger charge is 2.21. The van der Waals surface area contributed by atoms with Crippen molar-refractivity contribution < 1.29 is 12.8 Å². The topological polar surface area (TPSA) is 59.3 Å². The third-order valence-corrected chi connectivity index (χ3v) is 5.69. The van der Waals surface area contributed by atoms with Gasteiger partial charge in [0.15, 0.2) is 0 Å². The van der Waals surface area contributed by atoms with Crippen molar-refractivity contribution in [3.63, 3.8) is 0 Å². The molecule has 2 aromatic rings. The van der Waals surface area contributed by atoms with Crippen molar-refractivity contribution in [2.45, 2.75) is 50.5 Å². The monoisotopic (exact) mass is 319 g/mol. The van der Waals surface area contributed by atoms with Crippen molar-refractivity contribution in [3.8, 4) is 0 Å². The van der Waals surface area contributed by atoms with E-state index in [9.17, 15) is 8.42 Å².